The molecule has 2 saturated heterocycles. The van der Waals surface area contributed by atoms with Gasteiger partial charge in [-0.05, 0) is 12.8 Å². The zero-order valence-electron chi connectivity index (χ0n) is 9.43. The molecule has 0 aliphatic carbocycles. The molecule has 0 radical (unpaired) electrons. The Kier molecular flexibility index (Phi) is 4.15. The average Bonchev–Trinajstić information content (AvgIpc) is 2.82. The van der Waals surface area contributed by atoms with Crippen molar-refractivity contribution in [1.82, 2.24) is 4.90 Å². The molecular weight excluding hydrogens is 210 g/mol. The van der Waals surface area contributed by atoms with Crippen molar-refractivity contribution >= 4 is 5.91 Å². The molecule has 2 heterocycles. The minimum Gasteiger partial charge on any atom is -0.394 e. The zero-order chi connectivity index (χ0) is 11.4. The van der Waals surface area contributed by atoms with E-state index < -0.39 is 0 Å². The Labute approximate surface area is 95.3 Å². The SMILES string of the molecule is O=C(CC1CCCO1)N1CCOC(CO)C1. The summed E-state index contributed by atoms with van der Waals surface area (Å²) in [5, 5.41) is 8.99. The first-order valence-corrected chi connectivity index (χ1v) is 5.91. The third kappa shape index (κ3) is 2.93. The lowest BCUT2D eigenvalue weighted by Gasteiger charge is -2.32. The monoisotopic (exact) mass is 229 g/mol. The van der Waals surface area contributed by atoms with Crippen LogP contribution in [0.4, 0.5) is 0 Å². The Bertz CT molecular complexity index is 240. The maximum absolute atomic E-state index is 11.9. The van der Waals surface area contributed by atoms with Gasteiger partial charge in [0.25, 0.3) is 0 Å². The molecule has 0 saturated carbocycles. The minimum atomic E-state index is -0.220. The molecule has 2 aliphatic rings. The quantitative estimate of drug-likeness (QED) is 0.726. The highest BCUT2D eigenvalue weighted by Gasteiger charge is 2.27. The molecule has 0 aromatic heterocycles. The van der Waals surface area contributed by atoms with E-state index in [1.807, 2.05) is 0 Å². The molecule has 0 bridgehead atoms. The Morgan fingerprint density at radius 2 is 2.12 bits per heavy atom. The topological polar surface area (TPSA) is 59.0 Å². The van der Waals surface area contributed by atoms with E-state index in [2.05, 4.69) is 0 Å². The molecule has 2 unspecified atom stereocenters. The third-order valence-electron chi connectivity index (χ3n) is 3.12. The van der Waals surface area contributed by atoms with E-state index in [1.54, 1.807) is 4.90 Å². The first-order chi connectivity index (χ1) is 7.79. The Hall–Kier alpha value is -0.650. The van der Waals surface area contributed by atoms with E-state index >= 15 is 0 Å². The lowest BCUT2D eigenvalue weighted by molar-refractivity contribution is -0.142. The molecule has 5 nitrogen and oxygen atoms in total. The van der Waals surface area contributed by atoms with Gasteiger partial charge in [-0.25, -0.2) is 0 Å². The summed E-state index contributed by atoms with van der Waals surface area (Å²) >= 11 is 0. The van der Waals surface area contributed by atoms with Crippen LogP contribution in [0.3, 0.4) is 0 Å². The van der Waals surface area contributed by atoms with E-state index in [1.165, 1.54) is 0 Å². The summed E-state index contributed by atoms with van der Waals surface area (Å²) in [5.74, 6) is 0.119. The van der Waals surface area contributed by atoms with Gasteiger partial charge in [-0.3, -0.25) is 4.79 Å². The van der Waals surface area contributed by atoms with Crippen molar-refractivity contribution in [3.8, 4) is 0 Å². The van der Waals surface area contributed by atoms with E-state index in [0.717, 1.165) is 19.4 Å². The highest BCUT2D eigenvalue weighted by Crippen LogP contribution is 2.17. The Morgan fingerprint density at radius 1 is 1.31 bits per heavy atom. The van der Waals surface area contributed by atoms with Crippen molar-refractivity contribution in [2.75, 3.05) is 32.9 Å². The van der Waals surface area contributed by atoms with Crippen molar-refractivity contribution in [3.05, 3.63) is 0 Å². The van der Waals surface area contributed by atoms with Crippen LogP contribution >= 0.6 is 0 Å². The molecule has 2 rings (SSSR count). The van der Waals surface area contributed by atoms with Crippen LogP contribution < -0.4 is 0 Å². The van der Waals surface area contributed by atoms with E-state index in [-0.39, 0.29) is 24.7 Å². The first kappa shape index (κ1) is 11.8. The lowest BCUT2D eigenvalue weighted by atomic mass is 10.1. The predicted octanol–water partition coefficient (Wildman–Crippen LogP) is -0.225. The second-order valence-corrected chi connectivity index (χ2v) is 4.35. The Balaban J connectivity index is 1.79. The average molecular weight is 229 g/mol. The number of aliphatic hydroxyl groups is 1. The van der Waals surface area contributed by atoms with Gasteiger partial charge in [0.2, 0.25) is 5.91 Å². The van der Waals surface area contributed by atoms with Crippen LogP contribution in [0.1, 0.15) is 19.3 Å². The fourth-order valence-electron chi connectivity index (χ4n) is 2.19. The van der Waals surface area contributed by atoms with Gasteiger partial charge in [0.05, 0.1) is 31.8 Å². The molecule has 16 heavy (non-hydrogen) atoms. The van der Waals surface area contributed by atoms with Crippen molar-refractivity contribution in [3.63, 3.8) is 0 Å². The van der Waals surface area contributed by atoms with Gasteiger partial charge in [0.15, 0.2) is 0 Å². The van der Waals surface area contributed by atoms with Crippen LogP contribution in [-0.4, -0.2) is 61.0 Å². The third-order valence-corrected chi connectivity index (χ3v) is 3.12. The molecule has 0 aromatic carbocycles. The summed E-state index contributed by atoms with van der Waals surface area (Å²) in [5.41, 5.74) is 0. The van der Waals surface area contributed by atoms with Crippen molar-refractivity contribution in [1.29, 1.82) is 0 Å². The van der Waals surface area contributed by atoms with Crippen molar-refractivity contribution in [2.24, 2.45) is 0 Å². The highest BCUT2D eigenvalue weighted by molar-refractivity contribution is 5.76. The van der Waals surface area contributed by atoms with Crippen LogP contribution in [0.25, 0.3) is 0 Å². The number of rotatable bonds is 3. The summed E-state index contributed by atoms with van der Waals surface area (Å²) in [6.07, 6.45) is 2.39. The molecule has 2 fully saturated rings. The number of amides is 1. The van der Waals surface area contributed by atoms with Crippen molar-refractivity contribution < 1.29 is 19.4 Å². The fraction of sp³-hybridized carbons (Fsp3) is 0.909. The van der Waals surface area contributed by atoms with Gasteiger partial charge in [-0.1, -0.05) is 0 Å². The van der Waals surface area contributed by atoms with Crippen LogP contribution in [0.15, 0.2) is 0 Å². The summed E-state index contributed by atoms with van der Waals surface area (Å²) in [6.45, 7) is 2.40. The summed E-state index contributed by atoms with van der Waals surface area (Å²) in [6, 6.07) is 0. The molecule has 2 atom stereocenters. The van der Waals surface area contributed by atoms with Gasteiger partial charge in [-0.2, -0.15) is 0 Å². The van der Waals surface area contributed by atoms with Gasteiger partial charge in [-0.15, -0.1) is 0 Å². The predicted molar refractivity (Wildman–Crippen MR) is 57.0 cm³/mol. The maximum atomic E-state index is 11.9. The van der Waals surface area contributed by atoms with E-state index in [9.17, 15) is 4.79 Å². The van der Waals surface area contributed by atoms with Gasteiger partial charge < -0.3 is 19.5 Å². The molecule has 1 N–H and O–H groups in total. The number of carbonyl (C=O) groups is 1. The van der Waals surface area contributed by atoms with Gasteiger partial charge >= 0.3 is 0 Å². The molecule has 92 valence electrons. The number of aliphatic hydroxyl groups excluding tert-OH is 1. The number of carbonyl (C=O) groups excluding carboxylic acids is 1. The zero-order valence-corrected chi connectivity index (χ0v) is 9.43. The number of ether oxygens (including phenoxy) is 2. The second kappa shape index (κ2) is 5.61. The number of hydrogen-bond donors (Lipinski definition) is 1. The number of hydrogen-bond acceptors (Lipinski definition) is 4. The second-order valence-electron chi connectivity index (χ2n) is 4.35. The number of nitrogens with zero attached hydrogens (tertiary/aromatic N) is 1. The normalized spacial score (nSPS) is 30.7. The largest absolute Gasteiger partial charge is 0.394 e. The molecule has 5 heteroatoms. The Morgan fingerprint density at radius 3 is 2.81 bits per heavy atom. The van der Waals surface area contributed by atoms with Crippen LogP contribution in [-0.2, 0) is 14.3 Å². The number of morpholine rings is 1. The molecule has 0 spiro atoms. The summed E-state index contributed by atoms with van der Waals surface area (Å²) in [7, 11) is 0. The van der Waals surface area contributed by atoms with Crippen LogP contribution in [0, 0.1) is 0 Å². The van der Waals surface area contributed by atoms with Gasteiger partial charge in [0, 0.05) is 19.7 Å². The molecule has 0 aromatic rings. The van der Waals surface area contributed by atoms with Gasteiger partial charge in [0.1, 0.15) is 0 Å². The molecule has 1 amide bonds. The molecule has 2 aliphatic heterocycles. The highest BCUT2D eigenvalue weighted by atomic mass is 16.5. The van der Waals surface area contributed by atoms with Crippen LogP contribution in [0.5, 0.6) is 0 Å². The minimum absolute atomic E-state index is 0.0241. The van der Waals surface area contributed by atoms with E-state index in [4.69, 9.17) is 14.6 Å². The standard InChI is InChI=1S/C11H19NO4/c13-8-10-7-12(3-5-16-10)11(14)6-9-2-1-4-15-9/h9-10,13H,1-8H2. The summed E-state index contributed by atoms with van der Waals surface area (Å²) < 4.78 is 10.7. The fourth-order valence-corrected chi connectivity index (χ4v) is 2.19. The van der Waals surface area contributed by atoms with Crippen LogP contribution in [0.2, 0.25) is 0 Å². The summed E-state index contributed by atoms with van der Waals surface area (Å²) in [4.78, 5) is 13.7. The lowest BCUT2D eigenvalue weighted by Crippen LogP contribution is -2.47. The first-order valence-electron chi connectivity index (χ1n) is 5.91. The van der Waals surface area contributed by atoms with Crippen molar-refractivity contribution in [2.45, 2.75) is 31.5 Å². The molecular formula is C11H19NO4. The smallest absolute Gasteiger partial charge is 0.225 e. The van der Waals surface area contributed by atoms with E-state index in [0.29, 0.717) is 26.1 Å². The maximum Gasteiger partial charge on any atom is 0.225 e.